The average molecular weight is 1150 g/mol. The number of nitrogens with zero attached hydrogens (tertiary/aromatic N) is 8. The normalized spacial score (nSPS) is 12.2. The summed E-state index contributed by atoms with van der Waals surface area (Å²) in [5, 5.41) is 8.81. The standard InChI is InChI=1S/2C34H19F3N4S/c2*35-34(36,37)21-16-14-20(15-17-21)23-18-19-28(30-29(23)39-42-40-30)33-38-31-26-12-6-4-10-24(26)25-11-5-7-13-27(25)32(31)41(33)22-8-2-1-3-9-22/h2*1-19H. The van der Waals surface area contributed by atoms with Gasteiger partial charge in [0, 0.05) is 55.2 Å². The fourth-order valence-corrected chi connectivity index (χ4v) is 12.8. The molecule has 0 radical (unpaired) electrons. The van der Waals surface area contributed by atoms with Crippen molar-refractivity contribution in [1.82, 2.24) is 36.6 Å². The van der Waals surface area contributed by atoms with Crippen LogP contribution >= 0.6 is 23.5 Å². The quantitative estimate of drug-likeness (QED) is 0.122. The number of fused-ring (bicyclic) bond motifs is 14. The second-order valence-corrected chi connectivity index (χ2v) is 21.2. The summed E-state index contributed by atoms with van der Waals surface area (Å²) in [5.74, 6) is 1.43. The maximum Gasteiger partial charge on any atom is 0.416 e. The monoisotopic (exact) mass is 1140 g/mol. The number of hydrogen-bond acceptors (Lipinski definition) is 8. The molecule has 4 aromatic heterocycles. The number of alkyl halides is 6. The Morgan fingerprint density at radius 3 is 0.905 bits per heavy atom. The van der Waals surface area contributed by atoms with Crippen LogP contribution in [0.1, 0.15) is 11.1 Å². The van der Waals surface area contributed by atoms with E-state index in [-0.39, 0.29) is 0 Å². The molecule has 404 valence electrons. The van der Waals surface area contributed by atoms with Crippen molar-refractivity contribution in [2.45, 2.75) is 12.4 Å². The summed E-state index contributed by atoms with van der Waals surface area (Å²) >= 11 is 2.15. The van der Waals surface area contributed by atoms with Gasteiger partial charge in [-0.1, -0.05) is 170 Å². The Balaban J connectivity index is 0.000000143. The van der Waals surface area contributed by atoms with Crippen molar-refractivity contribution >= 4 is 111 Å². The van der Waals surface area contributed by atoms with Crippen LogP contribution in [0.5, 0.6) is 0 Å². The maximum absolute atomic E-state index is 13.2. The Labute approximate surface area is 481 Å². The zero-order chi connectivity index (χ0) is 56.8. The average Bonchev–Trinajstić information content (AvgIpc) is 1.82. The lowest BCUT2D eigenvalue weighted by Crippen LogP contribution is -2.04. The van der Waals surface area contributed by atoms with Crippen LogP contribution in [0.15, 0.2) is 231 Å². The van der Waals surface area contributed by atoms with E-state index in [9.17, 15) is 26.3 Å². The van der Waals surface area contributed by atoms with Gasteiger partial charge in [-0.15, -0.1) is 0 Å². The Morgan fingerprint density at radius 1 is 0.274 bits per heavy atom. The molecule has 16 aromatic rings. The van der Waals surface area contributed by atoms with E-state index in [1.165, 1.54) is 24.3 Å². The first kappa shape index (κ1) is 50.8. The predicted molar refractivity (Wildman–Crippen MR) is 326 cm³/mol. The molecule has 16 heteroatoms. The summed E-state index contributed by atoms with van der Waals surface area (Å²) in [6, 6.07) is 71.5. The van der Waals surface area contributed by atoms with Gasteiger partial charge in [0.15, 0.2) is 0 Å². The highest BCUT2D eigenvalue weighted by atomic mass is 32.1. The highest BCUT2D eigenvalue weighted by Crippen LogP contribution is 2.45. The van der Waals surface area contributed by atoms with E-state index >= 15 is 0 Å². The SMILES string of the molecule is FC(F)(F)c1ccc(-c2ccc(-c3nc4c5ccccc5c5ccccc5c4n3-c3ccccc3)c3nsnc23)cc1.FC(F)(F)c1ccc(-c2ccc(-c3nc4c5ccccc5c5ccccc5c4n3-c3ccccc3)c3nsnc23)cc1. The Bertz CT molecular complexity index is 4900. The highest BCUT2D eigenvalue weighted by molar-refractivity contribution is 7.00. The molecule has 0 N–H and O–H groups in total. The molecule has 0 aliphatic heterocycles. The van der Waals surface area contributed by atoms with Crippen molar-refractivity contribution in [2.24, 2.45) is 0 Å². The molecule has 0 fully saturated rings. The van der Waals surface area contributed by atoms with Crippen molar-refractivity contribution in [1.29, 1.82) is 0 Å². The Kier molecular flexibility index (Phi) is 12.0. The first-order valence-corrected chi connectivity index (χ1v) is 28.1. The fourth-order valence-electron chi connectivity index (χ4n) is 11.7. The van der Waals surface area contributed by atoms with Crippen LogP contribution in [0.25, 0.3) is 144 Å². The van der Waals surface area contributed by atoms with Crippen LogP contribution in [-0.4, -0.2) is 36.6 Å². The predicted octanol–water partition coefficient (Wildman–Crippen LogP) is 19.4. The summed E-state index contributed by atoms with van der Waals surface area (Å²) < 4.78 is 102. The number of rotatable bonds is 6. The van der Waals surface area contributed by atoms with Crippen LogP contribution in [0.3, 0.4) is 0 Å². The van der Waals surface area contributed by atoms with Gasteiger partial charge in [-0.3, -0.25) is 9.13 Å². The molecule has 0 saturated heterocycles. The van der Waals surface area contributed by atoms with E-state index in [4.69, 9.17) is 9.97 Å². The van der Waals surface area contributed by atoms with Gasteiger partial charge in [-0.05, 0) is 93.3 Å². The minimum atomic E-state index is -4.40. The first-order valence-electron chi connectivity index (χ1n) is 26.6. The van der Waals surface area contributed by atoms with Gasteiger partial charge in [0.05, 0.1) is 56.7 Å². The highest BCUT2D eigenvalue weighted by Gasteiger charge is 2.32. The molecular formula is C68H38F6N8S2. The molecule has 0 bridgehead atoms. The van der Waals surface area contributed by atoms with E-state index in [0.717, 1.165) is 158 Å². The second-order valence-electron chi connectivity index (χ2n) is 20.2. The molecule has 16 rings (SSSR count). The fraction of sp³-hybridized carbons (Fsp3) is 0.0294. The van der Waals surface area contributed by atoms with Gasteiger partial charge >= 0.3 is 12.4 Å². The van der Waals surface area contributed by atoms with Gasteiger partial charge in [0.2, 0.25) is 0 Å². The van der Waals surface area contributed by atoms with E-state index < -0.39 is 23.5 Å². The summed E-state index contributed by atoms with van der Waals surface area (Å²) in [4.78, 5) is 10.6. The molecule has 0 unspecified atom stereocenters. The molecule has 0 saturated carbocycles. The third-order valence-electron chi connectivity index (χ3n) is 15.5. The molecule has 0 aliphatic carbocycles. The maximum atomic E-state index is 13.2. The van der Waals surface area contributed by atoms with E-state index in [2.05, 4.69) is 112 Å². The van der Waals surface area contributed by atoms with Crippen molar-refractivity contribution < 1.29 is 26.3 Å². The lowest BCUT2D eigenvalue weighted by atomic mass is 9.99. The molecule has 4 heterocycles. The molecule has 84 heavy (non-hydrogen) atoms. The van der Waals surface area contributed by atoms with Gasteiger partial charge in [-0.2, -0.15) is 43.8 Å². The topological polar surface area (TPSA) is 87.2 Å². The number of hydrogen-bond donors (Lipinski definition) is 0. The Hall–Kier alpha value is -10.2. The zero-order valence-corrected chi connectivity index (χ0v) is 45.2. The van der Waals surface area contributed by atoms with Crippen molar-refractivity contribution in [3.8, 4) is 56.4 Å². The number of benzene rings is 12. The largest absolute Gasteiger partial charge is 0.416 e. The molecule has 12 aromatic carbocycles. The van der Waals surface area contributed by atoms with Gasteiger partial charge in [0.1, 0.15) is 33.7 Å². The minimum absolute atomic E-state index is 0.624. The zero-order valence-electron chi connectivity index (χ0n) is 43.6. The van der Waals surface area contributed by atoms with Gasteiger partial charge in [-0.25, -0.2) is 9.97 Å². The molecule has 0 atom stereocenters. The molecule has 0 amide bonds. The number of aromatic nitrogens is 8. The van der Waals surface area contributed by atoms with Crippen LogP contribution in [0, 0.1) is 0 Å². The Morgan fingerprint density at radius 2 is 0.560 bits per heavy atom. The summed E-state index contributed by atoms with van der Waals surface area (Å²) in [5.41, 5.74) is 11.1. The lowest BCUT2D eigenvalue weighted by molar-refractivity contribution is -0.138. The third kappa shape index (κ3) is 8.35. The molecule has 0 spiro atoms. The van der Waals surface area contributed by atoms with E-state index in [1.807, 2.05) is 97.1 Å². The van der Waals surface area contributed by atoms with Gasteiger partial charge < -0.3 is 0 Å². The number of para-hydroxylation sites is 2. The van der Waals surface area contributed by atoms with Gasteiger partial charge in [0.25, 0.3) is 0 Å². The molecule has 0 aliphatic rings. The minimum Gasteiger partial charge on any atom is -0.292 e. The van der Waals surface area contributed by atoms with Crippen LogP contribution in [0.4, 0.5) is 26.3 Å². The number of halogens is 6. The summed E-state index contributed by atoms with van der Waals surface area (Å²) in [6.45, 7) is 0. The summed E-state index contributed by atoms with van der Waals surface area (Å²) in [7, 11) is 0. The second kappa shape index (κ2) is 19.8. The lowest BCUT2D eigenvalue weighted by Gasteiger charge is -2.13. The van der Waals surface area contributed by atoms with Crippen molar-refractivity contribution in [2.75, 3.05) is 0 Å². The van der Waals surface area contributed by atoms with Crippen molar-refractivity contribution in [3.05, 3.63) is 242 Å². The van der Waals surface area contributed by atoms with Crippen LogP contribution in [0.2, 0.25) is 0 Å². The van der Waals surface area contributed by atoms with Crippen LogP contribution in [-0.2, 0) is 12.4 Å². The molecular weight excluding hydrogens is 1110 g/mol. The van der Waals surface area contributed by atoms with Crippen molar-refractivity contribution in [3.63, 3.8) is 0 Å². The summed E-state index contributed by atoms with van der Waals surface area (Å²) in [6.07, 6.45) is -8.80. The first-order chi connectivity index (χ1) is 41.0. The number of imidazole rings is 2. The molecule has 8 nitrogen and oxygen atoms in total. The smallest absolute Gasteiger partial charge is 0.292 e. The third-order valence-corrected chi connectivity index (χ3v) is 16.5. The van der Waals surface area contributed by atoms with E-state index in [0.29, 0.717) is 33.2 Å². The van der Waals surface area contributed by atoms with Crippen LogP contribution < -0.4 is 0 Å². The van der Waals surface area contributed by atoms with E-state index in [1.54, 1.807) is 0 Å².